The minimum absolute atomic E-state index is 1.29. The van der Waals surface area contributed by atoms with Gasteiger partial charge in [-0.25, -0.2) is 0 Å². The summed E-state index contributed by atoms with van der Waals surface area (Å²) in [6, 6.07) is 0. The minimum Gasteiger partial charge on any atom is -0.0885 e. The fraction of sp³-hybridized carbons (Fsp3) is 0.778. The van der Waals surface area contributed by atoms with Gasteiger partial charge in [0.2, 0.25) is 0 Å². The van der Waals surface area contributed by atoms with E-state index >= 15 is 0 Å². The van der Waals surface area contributed by atoms with E-state index in [1.54, 1.807) is 0 Å². The van der Waals surface area contributed by atoms with Gasteiger partial charge in [0, 0.05) is 0 Å². The summed E-state index contributed by atoms with van der Waals surface area (Å²) in [4.78, 5) is 0. The Balaban J connectivity index is 2.12. The first-order valence-electron chi connectivity index (χ1n) is 8.30. The van der Waals surface area contributed by atoms with E-state index in [0.29, 0.717) is 0 Å². The summed E-state index contributed by atoms with van der Waals surface area (Å²) in [5, 5.41) is 0. The van der Waals surface area contributed by atoms with Crippen LogP contribution in [-0.2, 0) is 0 Å². The van der Waals surface area contributed by atoms with E-state index in [-0.39, 0.29) is 0 Å². The second kappa shape index (κ2) is 12.9. The molecule has 0 aromatic rings. The molecule has 1 aliphatic rings. The summed E-state index contributed by atoms with van der Waals surface area (Å²) in [7, 11) is 0. The number of hydrogen-bond acceptors (Lipinski definition) is 0. The molecule has 0 saturated carbocycles. The molecule has 1 rings (SSSR count). The van der Waals surface area contributed by atoms with Gasteiger partial charge in [0.15, 0.2) is 0 Å². The molecular weight excluding hydrogens is 216 g/mol. The molecule has 0 amide bonds. The maximum Gasteiger partial charge on any atom is -0.0351 e. The summed E-state index contributed by atoms with van der Waals surface area (Å²) in [6.07, 6.45) is 29.0. The summed E-state index contributed by atoms with van der Waals surface area (Å²) in [5.41, 5.74) is 0. The van der Waals surface area contributed by atoms with Crippen molar-refractivity contribution in [1.82, 2.24) is 0 Å². The number of rotatable bonds is 0. The summed E-state index contributed by atoms with van der Waals surface area (Å²) < 4.78 is 0. The lowest BCUT2D eigenvalue weighted by molar-refractivity contribution is 0.570. The van der Waals surface area contributed by atoms with Gasteiger partial charge < -0.3 is 0 Å². The largest absolute Gasteiger partial charge is 0.0885 e. The topological polar surface area (TPSA) is 0 Å². The Kier molecular flexibility index (Phi) is 11.2. The molecule has 0 aromatic carbocycles. The average Bonchev–Trinajstić information content (AvgIpc) is 2.39. The van der Waals surface area contributed by atoms with E-state index in [9.17, 15) is 0 Å². The van der Waals surface area contributed by atoms with Crippen molar-refractivity contribution in [3.05, 3.63) is 24.3 Å². The van der Waals surface area contributed by atoms with Gasteiger partial charge in [-0.1, -0.05) is 62.8 Å². The highest BCUT2D eigenvalue weighted by Gasteiger charge is 1.92. The van der Waals surface area contributed by atoms with Crippen LogP contribution < -0.4 is 0 Å². The van der Waals surface area contributed by atoms with Crippen molar-refractivity contribution in [3.8, 4) is 0 Å². The van der Waals surface area contributed by atoms with E-state index < -0.39 is 0 Å². The lowest BCUT2D eigenvalue weighted by atomic mass is 10.1. The molecule has 0 heterocycles. The van der Waals surface area contributed by atoms with Crippen LogP contribution in [0.4, 0.5) is 0 Å². The van der Waals surface area contributed by atoms with Crippen molar-refractivity contribution in [3.63, 3.8) is 0 Å². The van der Waals surface area contributed by atoms with E-state index in [1.165, 1.54) is 89.9 Å². The third-order valence-electron chi connectivity index (χ3n) is 3.82. The zero-order valence-corrected chi connectivity index (χ0v) is 12.2. The first kappa shape index (κ1) is 15.5. The van der Waals surface area contributed by atoms with Crippen molar-refractivity contribution in [2.24, 2.45) is 0 Å². The van der Waals surface area contributed by atoms with Gasteiger partial charge in [-0.05, 0) is 51.4 Å². The summed E-state index contributed by atoms with van der Waals surface area (Å²) in [5.74, 6) is 0. The highest BCUT2D eigenvalue weighted by molar-refractivity contribution is 4.84. The van der Waals surface area contributed by atoms with Crippen LogP contribution in [0.15, 0.2) is 24.3 Å². The van der Waals surface area contributed by atoms with Gasteiger partial charge in [-0.3, -0.25) is 0 Å². The monoisotopic (exact) mass is 248 g/mol. The third-order valence-corrected chi connectivity index (χ3v) is 3.82. The Morgan fingerprint density at radius 2 is 0.500 bits per heavy atom. The van der Waals surface area contributed by atoms with Crippen LogP contribution in [-0.4, -0.2) is 0 Å². The zero-order valence-electron chi connectivity index (χ0n) is 12.2. The molecule has 18 heavy (non-hydrogen) atoms. The molecule has 0 radical (unpaired) electrons. The molecule has 0 aromatic heterocycles. The maximum atomic E-state index is 2.40. The molecule has 0 unspecified atom stereocenters. The quantitative estimate of drug-likeness (QED) is 0.425. The summed E-state index contributed by atoms with van der Waals surface area (Å²) >= 11 is 0. The molecular formula is C18H32. The molecule has 0 aliphatic heterocycles. The molecule has 104 valence electrons. The molecule has 0 nitrogen and oxygen atoms in total. The molecule has 0 atom stereocenters. The van der Waals surface area contributed by atoms with Gasteiger partial charge in [-0.15, -0.1) is 0 Å². The van der Waals surface area contributed by atoms with Gasteiger partial charge >= 0.3 is 0 Å². The molecule has 0 spiro atoms. The molecule has 0 heteroatoms. The van der Waals surface area contributed by atoms with Crippen LogP contribution >= 0.6 is 0 Å². The Hall–Kier alpha value is -0.520. The van der Waals surface area contributed by atoms with E-state index in [1.807, 2.05) is 0 Å². The smallest absolute Gasteiger partial charge is 0.0351 e. The Morgan fingerprint density at radius 3 is 0.833 bits per heavy atom. The van der Waals surface area contributed by atoms with Crippen molar-refractivity contribution < 1.29 is 0 Å². The van der Waals surface area contributed by atoms with Crippen molar-refractivity contribution in [1.29, 1.82) is 0 Å². The fourth-order valence-electron chi connectivity index (χ4n) is 2.58. The van der Waals surface area contributed by atoms with Crippen LogP contribution in [0, 0.1) is 0 Å². The van der Waals surface area contributed by atoms with Gasteiger partial charge in [-0.2, -0.15) is 0 Å². The summed E-state index contributed by atoms with van der Waals surface area (Å²) in [6.45, 7) is 0. The molecule has 0 fully saturated rings. The van der Waals surface area contributed by atoms with E-state index in [0.717, 1.165) is 0 Å². The molecule has 0 bridgehead atoms. The third kappa shape index (κ3) is 10.6. The fourth-order valence-corrected chi connectivity index (χ4v) is 2.58. The second-order valence-electron chi connectivity index (χ2n) is 5.63. The lowest BCUT2D eigenvalue weighted by Crippen LogP contribution is -1.81. The van der Waals surface area contributed by atoms with Crippen LogP contribution in [0.3, 0.4) is 0 Å². The second-order valence-corrected chi connectivity index (χ2v) is 5.63. The first-order valence-corrected chi connectivity index (χ1v) is 8.30. The van der Waals surface area contributed by atoms with Crippen molar-refractivity contribution in [2.45, 2.75) is 89.9 Å². The van der Waals surface area contributed by atoms with Crippen molar-refractivity contribution in [2.75, 3.05) is 0 Å². The van der Waals surface area contributed by atoms with Crippen LogP contribution in [0.1, 0.15) is 89.9 Å². The highest BCUT2D eigenvalue weighted by atomic mass is 14.0. The SMILES string of the molecule is C1=C/CCCCCCCCCC/C=C/CCCC/1. The van der Waals surface area contributed by atoms with E-state index in [4.69, 9.17) is 0 Å². The Morgan fingerprint density at radius 1 is 0.278 bits per heavy atom. The predicted molar refractivity (Wildman–Crippen MR) is 82.9 cm³/mol. The molecule has 1 aliphatic carbocycles. The standard InChI is InChI=1S/C18H32/c1-2-4-6-8-10-12-14-16-18-17-15-13-11-9-7-5-3-1/h1-2,11,13H,3-10,12,14-18H2/b2-1+,13-11+. The van der Waals surface area contributed by atoms with Crippen LogP contribution in [0.25, 0.3) is 0 Å². The zero-order chi connectivity index (χ0) is 12.7. The lowest BCUT2D eigenvalue weighted by Gasteiger charge is -2.01. The average molecular weight is 248 g/mol. The van der Waals surface area contributed by atoms with E-state index in [2.05, 4.69) is 24.3 Å². The first-order chi connectivity index (χ1) is 9.00. The Labute approximate surface area is 115 Å². The predicted octanol–water partition coefficient (Wildman–Crippen LogP) is 6.57. The molecule has 0 saturated heterocycles. The maximum absolute atomic E-state index is 2.40. The molecule has 0 N–H and O–H groups in total. The van der Waals surface area contributed by atoms with Gasteiger partial charge in [0.05, 0.1) is 0 Å². The number of allylic oxidation sites excluding steroid dienone is 4. The Bertz CT molecular complexity index is 188. The highest BCUT2D eigenvalue weighted by Crippen LogP contribution is 2.12. The normalized spacial score (nSPS) is 25.8. The van der Waals surface area contributed by atoms with Gasteiger partial charge in [0.25, 0.3) is 0 Å². The van der Waals surface area contributed by atoms with Crippen LogP contribution in [0.2, 0.25) is 0 Å². The number of hydrogen-bond donors (Lipinski definition) is 0. The van der Waals surface area contributed by atoms with Crippen LogP contribution in [0.5, 0.6) is 0 Å². The van der Waals surface area contributed by atoms with Crippen molar-refractivity contribution >= 4 is 0 Å². The van der Waals surface area contributed by atoms with Gasteiger partial charge in [0.1, 0.15) is 0 Å². The minimum atomic E-state index is 1.29.